The van der Waals surface area contributed by atoms with E-state index in [2.05, 4.69) is 96.0 Å². The van der Waals surface area contributed by atoms with Crippen LogP contribution in [0.15, 0.2) is 132 Å². The van der Waals surface area contributed by atoms with Gasteiger partial charge in [-0.05, 0) is 45.0 Å². The molecule has 2 aliphatic rings. The van der Waals surface area contributed by atoms with Crippen LogP contribution in [0.25, 0.3) is 55.2 Å². The third kappa shape index (κ3) is 2.75. The molecule has 9 rings (SSSR count). The Kier molecular flexibility index (Phi) is 4.49. The molecule has 7 aromatic rings. The predicted octanol–water partition coefficient (Wildman–Crippen LogP) is 8.30. The van der Waals surface area contributed by atoms with E-state index in [1.807, 2.05) is 24.3 Å². The molecule has 41 heavy (non-hydrogen) atoms. The van der Waals surface area contributed by atoms with Gasteiger partial charge in [0.2, 0.25) is 0 Å². The van der Waals surface area contributed by atoms with Crippen molar-refractivity contribution in [2.24, 2.45) is 0 Å². The van der Waals surface area contributed by atoms with Gasteiger partial charge in [0.25, 0.3) is 0 Å². The molecule has 0 atom stereocenters. The molecule has 1 heterocycles. The van der Waals surface area contributed by atoms with E-state index in [0.29, 0.717) is 10.5 Å². The number of rotatable bonds is 2. The normalized spacial score (nSPS) is 14.0. The highest BCUT2D eigenvalue weighted by molar-refractivity contribution is 7.72. The molecule has 1 spiro atoms. The minimum Gasteiger partial charge on any atom is -0.353 e. The van der Waals surface area contributed by atoms with E-state index in [9.17, 15) is 8.42 Å². The van der Waals surface area contributed by atoms with E-state index < -0.39 is 16.1 Å². The van der Waals surface area contributed by atoms with E-state index in [-0.39, 0.29) is 0 Å². The van der Waals surface area contributed by atoms with Gasteiger partial charge in [0.1, 0.15) is 0 Å². The van der Waals surface area contributed by atoms with Gasteiger partial charge in [0, 0.05) is 27.5 Å². The molecule has 1 N–H and O–H groups in total. The third-order valence-corrected chi connectivity index (χ3v) is 9.94. The van der Waals surface area contributed by atoms with Crippen molar-refractivity contribution in [2.75, 3.05) is 0 Å². The Labute approximate surface area is 238 Å². The van der Waals surface area contributed by atoms with Crippen molar-refractivity contribution in [3.63, 3.8) is 0 Å². The lowest BCUT2D eigenvalue weighted by Gasteiger charge is -2.30. The van der Waals surface area contributed by atoms with Crippen LogP contribution in [0.3, 0.4) is 0 Å². The number of nitrogens with one attached hydrogen (secondary N) is 1. The molecule has 4 heteroatoms. The van der Waals surface area contributed by atoms with Gasteiger partial charge in [-0.2, -0.15) is 0 Å². The molecule has 0 fully saturated rings. The lowest BCUT2D eigenvalue weighted by atomic mass is 9.70. The molecule has 0 amide bonds. The van der Waals surface area contributed by atoms with E-state index in [1.54, 1.807) is 12.1 Å². The van der Waals surface area contributed by atoms with Crippen molar-refractivity contribution in [3.05, 3.63) is 150 Å². The van der Waals surface area contributed by atoms with E-state index in [1.165, 1.54) is 44.5 Å². The van der Waals surface area contributed by atoms with Crippen LogP contribution in [0, 0.1) is 0 Å². The summed E-state index contributed by atoms with van der Waals surface area (Å²) in [6.07, 6.45) is 0. The number of thiol groups is 1. The molecule has 6 aromatic carbocycles. The molecular formula is C37H23NO2S. The highest BCUT2D eigenvalue weighted by Crippen LogP contribution is 2.63. The van der Waals surface area contributed by atoms with Crippen LogP contribution in [0.1, 0.15) is 22.3 Å². The topological polar surface area (TPSA) is 49.9 Å². The fourth-order valence-electron chi connectivity index (χ4n) is 7.66. The standard InChI is InChI=1S/C37H23NO2S/c39-41(40)33-19-8-4-12-24(33)25-14-9-15-26-27-20-21-32-34(36(27)38-35(25)26)28-13-3-7-18-31(28)37(32)29-16-5-1-10-22(29)23-11-2-6-17-30(23)37/h1-21,38,41H. The molecule has 2 aliphatic carbocycles. The fraction of sp³-hybridized carbons (Fsp3) is 0.0270. The first-order valence-corrected chi connectivity index (χ1v) is 15.0. The Hall–Kier alpha value is -4.93. The monoisotopic (exact) mass is 545 g/mol. The fourth-order valence-corrected chi connectivity index (χ4v) is 8.26. The smallest absolute Gasteiger partial charge is 0.168 e. The summed E-state index contributed by atoms with van der Waals surface area (Å²) < 4.78 is 24.3. The highest BCUT2D eigenvalue weighted by Gasteiger charge is 2.52. The van der Waals surface area contributed by atoms with Crippen LogP contribution >= 0.6 is 0 Å². The molecule has 0 unspecified atom stereocenters. The Morgan fingerprint density at radius 3 is 1.66 bits per heavy atom. The Balaban J connectivity index is 1.43. The van der Waals surface area contributed by atoms with Gasteiger partial charge in [-0.25, -0.2) is 8.42 Å². The number of H-pyrrole nitrogens is 1. The van der Waals surface area contributed by atoms with Crippen molar-refractivity contribution in [1.29, 1.82) is 0 Å². The van der Waals surface area contributed by atoms with Crippen molar-refractivity contribution in [2.45, 2.75) is 10.3 Å². The van der Waals surface area contributed by atoms with Crippen LogP contribution in [0.2, 0.25) is 0 Å². The maximum absolute atomic E-state index is 12.2. The van der Waals surface area contributed by atoms with Gasteiger partial charge in [-0.1, -0.05) is 121 Å². The number of aromatic amines is 1. The van der Waals surface area contributed by atoms with Crippen LogP contribution in [0.5, 0.6) is 0 Å². The van der Waals surface area contributed by atoms with Crippen LogP contribution in [-0.4, -0.2) is 13.4 Å². The summed E-state index contributed by atoms with van der Waals surface area (Å²) in [5.74, 6) is 0. The van der Waals surface area contributed by atoms with Gasteiger partial charge in [-0.15, -0.1) is 0 Å². The Morgan fingerprint density at radius 1 is 0.439 bits per heavy atom. The summed E-state index contributed by atoms with van der Waals surface area (Å²) in [6.45, 7) is 0. The predicted molar refractivity (Wildman–Crippen MR) is 166 cm³/mol. The van der Waals surface area contributed by atoms with Crippen LogP contribution in [0.4, 0.5) is 0 Å². The summed E-state index contributed by atoms with van der Waals surface area (Å²) in [5.41, 5.74) is 13.5. The van der Waals surface area contributed by atoms with Gasteiger partial charge in [0.05, 0.1) is 21.3 Å². The third-order valence-electron chi connectivity index (χ3n) is 9.16. The molecule has 194 valence electrons. The Bertz CT molecular complexity index is 2270. The van der Waals surface area contributed by atoms with Gasteiger partial charge < -0.3 is 4.98 Å². The number of benzene rings is 6. The first-order chi connectivity index (χ1) is 20.2. The SMILES string of the molecule is O=[SH](=O)c1ccccc1-c1cccc2c1[nH]c1c3c(ccc12)C1(c2ccccc2-c2ccccc21)c1ccccc1-3. The van der Waals surface area contributed by atoms with Crippen molar-refractivity contribution >= 4 is 32.5 Å². The van der Waals surface area contributed by atoms with Crippen molar-refractivity contribution in [1.82, 2.24) is 4.98 Å². The molecule has 0 saturated heterocycles. The largest absolute Gasteiger partial charge is 0.353 e. The molecule has 0 bridgehead atoms. The zero-order valence-corrected chi connectivity index (χ0v) is 22.8. The minimum atomic E-state index is -2.73. The molecular weight excluding hydrogens is 522 g/mol. The van der Waals surface area contributed by atoms with Crippen molar-refractivity contribution < 1.29 is 8.42 Å². The lowest BCUT2D eigenvalue weighted by molar-refractivity contribution is 0.615. The maximum atomic E-state index is 12.2. The Morgan fingerprint density at radius 2 is 0.976 bits per heavy atom. The zero-order chi connectivity index (χ0) is 27.3. The molecule has 0 radical (unpaired) electrons. The average molecular weight is 546 g/mol. The van der Waals surface area contributed by atoms with E-state index in [4.69, 9.17) is 0 Å². The summed E-state index contributed by atoms with van der Waals surface area (Å²) in [7, 11) is -2.73. The second kappa shape index (κ2) is 8.06. The number of hydrogen-bond donors (Lipinski definition) is 2. The first-order valence-electron chi connectivity index (χ1n) is 13.8. The van der Waals surface area contributed by atoms with Crippen LogP contribution in [-0.2, 0) is 16.1 Å². The summed E-state index contributed by atoms with van der Waals surface area (Å²) in [5, 5.41) is 2.22. The second-order valence-corrected chi connectivity index (χ2v) is 11.9. The molecule has 0 aliphatic heterocycles. The molecule has 1 aromatic heterocycles. The van der Waals surface area contributed by atoms with Gasteiger partial charge >= 0.3 is 0 Å². The average Bonchev–Trinajstić information content (AvgIpc) is 3.65. The highest BCUT2D eigenvalue weighted by atomic mass is 32.2. The number of hydrogen-bond acceptors (Lipinski definition) is 2. The van der Waals surface area contributed by atoms with E-state index >= 15 is 0 Å². The number of para-hydroxylation sites is 1. The zero-order valence-electron chi connectivity index (χ0n) is 21.9. The van der Waals surface area contributed by atoms with Gasteiger partial charge in [0.15, 0.2) is 10.7 Å². The number of fused-ring (bicyclic) bond motifs is 14. The quantitative estimate of drug-likeness (QED) is 0.215. The first kappa shape index (κ1) is 22.8. The maximum Gasteiger partial charge on any atom is 0.168 e. The second-order valence-electron chi connectivity index (χ2n) is 10.9. The van der Waals surface area contributed by atoms with Crippen LogP contribution < -0.4 is 0 Å². The lowest BCUT2D eigenvalue weighted by Crippen LogP contribution is -2.25. The van der Waals surface area contributed by atoms with E-state index in [0.717, 1.165) is 27.4 Å². The summed E-state index contributed by atoms with van der Waals surface area (Å²) in [6, 6.07) is 44.4. The summed E-state index contributed by atoms with van der Waals surface area (Å²) in [4.78, 5) is 4.15. The number of aromatic nitrogens is 1. The van der Waals surface area contributed by atoms with Crippen molar-refractivity contribution in [3.8, 4) is 33.4 Å². The molecule has 3 nitrogen and oxygen atoms in total. The summed E-state index contributed by atoms with van der Waals surface area (Å²) >= 11 is 0. The van der Waals surface area contributed by atoms with Gasteiger partial charge in [-0.3, -0.25) is 0 Å². The molecule has 0 saturated carbocycles. The minimum absolute atomic E-state index is 0.336.